The number of anilines is 1. The SMILES string of the molecule is O=C(CSc1ncccn1)NC1CCN(c2ccc(C(F)(F)F)cn2)C1. The summed E-state index contributed by atoms with van der Waals surface area (Å²) >= 11 is 1.25. The lowest BCUT2D eigenvalue weighted by atomic mass is 10.2. The predicted molar refractivity (Wildman–Crippen MR) is 90.8 cm³/mol. The van der Waals surface area contributed by atoms with Crippen molar-refractivity contribution >= 4 is 23.5 Å². The van der Waals surface area contributed by atoms with Crippen LogP contribution in [0.2, 0.25) is 0 Å². The number of nitrogens with zero attached hydrogens (tertiary/aromatic N) is 4. The Morgan fingerprint density at radius 2 is 2.04 bits per heavy atom. The van der Waals surface area contributed by atoms with E-state index in [0.29, 0.717) is 30.5 Å². The average Bonchev–Trinajstić information content (AvgIpc) is 3.09. The standard InChI is InChI=1S/C16H16F3N5OS/c17-16(18,19)11-2-3-13(22-8-11)24-7-4-12(9-24)23-14(25)10-26-15-20-5-1-6-21-15/h1-3,5-6,8,12H,4,7,9-10H2,(H,23,25). The van der Waals surface area contributed by atoms with E-state index < -0.39 is 11.7 Å². The molecule has 1 saturated heterocycles. The molecule has 1 aliphatic heterocycles. The number of halogens is 3. The monoisotopic (exact) mass is 383 g/mol. The molecular weight excluding hydrogens is 367 g/mol. The first-order chi connectivity index (χ1) is 12.4. The van der Waals surface area contributed by atoms with E-state index in [-0.39, 0.29) is 17.7 Å². The lowest BCUT2D eigenvalue weighted by molar-refractivity contribution is -0.137. The summed E-state index contributed by atoms with van der Waals surface area (Å²) in [6.07, 6.45) is 0.365. The van der Waals surface area contributed by atoms with Gasteiger partial charge in [-0.05, 0) is 24.6 Å². The number of aromatic nitrogens is 3. The number of alkyl halides is 3. The molecule has 26 heavy (non-hydrogen) atoms. The highest BCUT2D eigenvalue weighted by molar-refractivity contribution is 7.99. The first kappa shape index (κ1) is 18.4. The van der Waals surface area contributed by atoms with Gasteiger partial charge in [0.25, 0.3) is 0 Å². The summed E-state index contributed by atoms with van der Waals surface area (Å²) in [5.74, 6) is 0.551. The van der Waals surface area contributed by atoms with Gasteiger partial charge in [0, 0.05) is 37.7 Å². The number of nitrogens with one attached hydrogen (secondary N) is 1. The minimum absolute atomic E-state index is 0.0658. The number of carbonyl (C=O) groups is 1. The number of hydrogen-bond donors (Lipinski definition) is 1. The molecule has 2 aromatic heterocycles. The van der Waals surface area contributed by atoms with E-state index in [0.717, 1.165) is 12.3 Å². The molecule has 0 radical (unpaired) electrons. The second-order valence-electron chi connectivity index (χ2n) is 5.72. The summed E-state index contributed by atoms with van der Waals surface area (Å²) in [5, 5.41) is 3.45. The Bertz CT molecular complexity index is 742. The molecule has 0 bridgehead atoms. The highest BCUT2D eigenvalue weighted by Gasteiger charge is 2.31. The molecule has 1 unspecified atom stereocenters. The second kappa shape index (κ2) is 7.90. The van der Waals surface area contributed by atoms with E-state index in [1.54, 1.807) is 18.5 Å². The number of hydrogen-bond acceptors (Lipinski definition) is 6. The summed E-state index contributed by atoms with van der Waals surface area (Å²) in [7, 11) is 0. The number of carbonyl (C=O) groups excluding carboxylic acids is 1. The molecule has 10 heteroatoms. The van der Waals surface area contributed by atoms with Crippen LogP contribution in [0.3, 0.4) is 0 Å². The van der Waals surface area contributed by atoms with Crippen molar-refractivity contribution in [3.8, 4) is 0 Å². The Labute approximate surface area is 152 Å². The van der Waals surface area contributed by atoms with Gasteiger partial charge in [-0.3, -0.25) is 4.79 Å². The Balaban J connectivity index is 1.48. The Morgan fingerprint density at radius 1 is 1.27 bits per heavy atom. The summed E-state index contributed by atoms with van der Waals surface area (Å²) in [4.78, 5) is 25.8. The molecule has 1 amide bonds. The molecule has 1 aliphatic rings. The van der Waals surface area contributed by atoms with Gasteiger partial charge in [0.15, 0.2) is 5.16 Å². The summed E-state index contributed by atoms with van der Waals surface area (Å²) < 4.78 is 37.8. The van der Waals surface area contributed by atoms with E-state index in [1.807, 2.05) is 4.90 Å². The highest BCUT2D eigenvalue weighted by atomic mass is 32.2. The molecule has 0 aliphatic carbocycles. The van der Waals surface area contributed by atoms with Crippen molar-refractivity contribution in [2.24, 2.45) is 0 Å². The zero-order chi connectivity index (χ0) is 18.6. The molecule has 1 fully saturated rings. The van der Waals surface area contributed by atoms with Crippen molar-refractivity contribution in [2.45, 2.75) is 23.8 Å². The van der Waals surface area contributed by atoms with Crippen LogP contribution in [-0.4, -0.2) is 45.7 Å². The fraction of sp³-hybridized carbons (Fsp3) is 0.375. The van der Waals surface area contributed by atoms with Crippen LogP contribution in [0, 0.1) is 0 Å². The first-order valence-corrected chi connectivity index (χ1v) is 8.88. The molecule has 6 nitrogen and oxygen atoms in total. The third-order valence-corrected chi connectivity index (χ3v) is 4.70. The number of thioether (sulfide) groups is 1. The number of amides is 1. The minimum Gasteiger partial charge on any atom is -0.354 e. The van der Waals surface area contributed by atoms with Gasteiger partial charge < -0.3 is 10.2 Å². The van der Waals surface area contributed by atoms with Gasteiger partial charge in [0.1, 0.15) is 5.82 Å². The molecule has 1 N–H and O–H groups in total. The van der Waals surface area contributed by atoms with Crippen molar-refractivity contribution in [3.63, 3.8) is 0 Å². The van der Waals surface area contributed by atoms with Crippen molar-refractivity contribution in [1.29, 1.82) is 0 Å². The average molecular weight is 383 g/mol. The van der Waals surface area contributed by atoms with E-state index in [9.17, 15) is 18.0 Å². The van der Waals surface area contributed by atoms with Crippen LogP contribution >= 0.6 is 11.8 Å². The third kappa shape index (κ3) is 4.84. The number of pyridine rings is 1. The summed E-state index contributed by atoms with van der Waals surface area (Å²) in [6, 6.07) is 4.01. The summed E-state index contributed by atoms with van der Waals surface area (Å²) in [6.45, 7) is 1.13. The van der Waals surface area contributed by atoms with Gasteiger partial charge in [0.2, 0.25) is 5.91 Å². The molecule has 0 aromatic carbocycles. The molecule has 2 aromatic rings. The Morgan fingerprint density at radius 3 is 2.69 bits per heavy atom. The zero-order valence-corrected chi connectivity index (χ0v) is 14.4. The van der Waals surface area contributed by atoms with Gasteiger partial charge >= 0.3 is 6.18 Å². The van der Waals surface area contributed by atoms with E-state index in [1.165, 1.54) is 17.8 Å². The first-order valence-electron chi connectivity index (χ1n) is 7.89. The van der Waals surface area contributed by atoms with E-state index in [4.69, 9.17) is 0 Å². The normalized spacial score (nSPS) is 17.3. The van der Waals surface area contributed by atoms with Gasteiger partial charge in [-0.25, -0.2) is 15.0 Å². The largest absolute Gasteiger partial charge is 0.417 e. The Hall–Kier alpha value is -2.36. The van der Waals surface area contributed by atoms with Gasteiger partial charge in [0.05, 0.1) is 11.3 Å². The fourth-order valence-electron chi connectivity index (χ4n) is 2.59. The van der Waals surface area contributed by atoms with Gasteiger partial charge in [-0.15, -0.1) is 0 Å². The maximum absolute atomic E-state index is 12.6. The van der Waals surface area contributed by atoms with Crippen LogP contribution in [0.15, 0.2) is 41.9 Å². The van der Waals surface area contributed by atoms with Crippen LogP contribution in [0.25, 0.3) is 0 Å². The molecule has 1 atom stereocenters. The maximum Gasteiger partial charge on any atom is 0.417 e. The minimum atomic E-state index is -4.40. The van der Waals surface area contributed by atoms with E-state index in [2.05, 4.69) is 20.3 Å². The highest BCUT2D eigenvalue weighted by Crippen LogP contribution is 2.29. The van der Waals surface area contributed by atoms with Crippen LogP contribution in [-0.2, 0) is 11.0 Å². The van der Waals surface area contributed by atoms with E-state index >= 15 is 0 Å². The molecular formula is C16H16F3N5OS. The van der Waals surface area contributed by atoms with Crippen LogP contribution in [0.5, 0.6) is 0 Å². The molecule has 0 spiro atoms. The number of rotatable bonds is 5. The topological polar surface area (TPSA) is 71.0 Å². The molecule has 138 valence electrons. The van der Waals surface area contributed by atoms with Crippen molar-refractivity contribution < 1.29 is 18.0 Å². The van der Waals surface area contributed by atoms with Crippen molar-refractivity contribution in [1.82, 2.24) is 20.3 Å². The quantitative estimate of drug-likeness (QED) is 0.632. The summed E-state index contributed by atoms with van der Waals surface area (Å²) in [5.41, 5.74) is -0.773. The second-order valence-corrected chi connectivity index (χ2v) is 6.66. The molecule has 3 rings (SSSR count). The van der Waals surface area contributed by atoms with Crippen molar-refractivity contribution in [2.75, 3.05) is 23.7 Å². The van der Waals surface area contributed by atoms with Gasteiger partial charge in [-0.1, -0.05) is 11.8 Å². The lowest BCUT2D eigenvalue weighted by Gasteiger charge is -2.18. The third-order valence-electron chi connectivity index (χ3n) is 3.83. The fourth-order valence-corrected chi connectivity index (χ4v) is 3.20. The van der Waals surface area contributed by atoms with Crippen LogP contribution < -0.4 is 10.2 Å². The maximum atomic E-state index is 12.6. The zero-order valence-electron chi connectivity index (χ0n) is 13.6. The smallest absolute Gasteiger partial charge is 0.354 e. The predicted octanol–water partition coefficient (Wildman–Crippen LogP) is 2.38. The molecule has 3 heterocycles. The molecule has 0 saturated carbocycles. The Kier molecular flexibility index (Phi) is 5.60. The van der Waals surface area contributed by atoms with Crippen LogP contribution in [0.4, 0.5) is 19.0 Å². The van der Waals surface area contributed by atoms with Crippen molar-refractivity contribution in [3.05, 3.63) is 42.4 Å². The van der Waals surface area contributed by atoms with Crippen LogP contribution in [0.1, 0.15) is 12.0 Å². The lowest BCUT2D eigenvalue weighted by Crippen LogP contribution is -2.38. The van der Waals surface area contributed by atoms with Gasteiger partial charge in [-0.2, -0.15) is 13.2 Å².